The van der Waals surface area contributed by atoms with Crippen LogP contribution in [0, 0.1) is 0 Å². The maximum Gasteiger partial charge on any atom is 0.230 e. The van der Waals surface area contributed by atoms with E-state index in [1.807, 2.05) is 47.0 Å². The van der Waals surface area contributed by atoms with E-state index in [9.17, 15) is 4.79 Å². The van der Waals surface area contributed by atoms with Gasteiger partial charge in [0.25, 0.3) is 0 Å². The molecule has 6 nitrogen and oxygen atoms in total. The van der Waals surface area contributed by atoms with Crippen molar-refractivity contribution >= 4 is 17.7 Å². The van der Waals surface area contributed by atoms with Gasteiger partial charge in [0.1, 0.15) is 0 Å². The number of para-hydroxylation sites is 1. The molecule has 1 aliphatic rings. The average Bonchev–Trinajstić information content (AvgIpc) is 3.37. The number of carbonyl (C=O) groups is 1. The number of amides is 1. The van der Waals surface area contributed by atoms with Crippen LogP contribution in [0.15, 0.2) is 60.0 Å². The van der Waals surface area contributed by atoms with Crippen molar-refractivity contribution in [2.45, 2.75) is 36.9 Å². The van der Waals surface area contributed by atoms with Crippen LogP contribution in [0.3, 0.4) is 0 Å². The van der Waals surface area contributed by atoms with Crippen LogP contribution in [0.25, 0.3) is 17.1 Å². The minimum atomic E-state index is 0.0532. The second-order valence-electron chi connectivity index (χ2n) is 6.56. The van der Waals surface area contributed by atoms with E-state index < -0.39 is 0 Å². The van der Waals surface area contributed by atoms with Crippen LogP contribution in [0.4, 0.5) is 0 Å². The minimum Gasteiger partial charge on any atom is -0.353 e. The van der Waals surface area contributed by atoms with Crippen molar-refractivity contribution in [1.29, 1.82) is 0 Å². The molecule has 1 saturated carbocycles. The number of benzene rings is 1. The van der Waals surface area contributed by atoms with Gasteiger partial charge in [0.05, 0.1) is 5.75 Å². The summed E-state index contributed by atoms with van der Waals surface area (Å²) in [5.41, 5.74) is 1.84. The van der Waals surface area contributed by atoms with E-state index in [0.717, 1.165) is 24.1 Å². The number of rotatable bonds is 6. The zero-order valence-corrected chi connectivity index (χ0v) is 15.7. The summed E-state index contributed by atoms with van der Waals surface area (Å²) in [5.74, 6) is 1.10. The highest BCUT2D eigenvalue weighted by molar-refractivity contribution is 7.99. The number of hydrogen-bond acceptors (Lipinski definition) is 5. The molecular formula is C20H21N5OS. The molecular weight excluding hydrogens is 358 g/mol. The summed E-state index contributed by atoms with van der Waals surface area (Å²) in [6.07, 6.45) is 8.08. The molecule has 2 heterocycles. The lowest BCUT2D eigenvalue weighted by Gasteiger charge is -2.12. The quantitative estimate of drug-likeness (QED) is 0.664. The summed E-state index contributed by atoms with van der Waals surface area (Å²) in [7, 11) is 0. The average molecular weight is 379 g/mol. The Bertz CT molecular complexity index is 891. The number of thioether (sulfide) groups is 1. The van der Waals surface area contributed by atoms with Crippen molar-refractivity contribution in [2.75, 3.05) is 5.75 Å². The van der Waals surface area contributed by atoms with Gasteiger partial charge in [0.15, 0.2) is 11.0 Å². The van der Waals surface area contributed by atoms with Crippen molar-refractivity contribution in [3.05, 3.63) is 54.9 Å². The molecule has 0 spiro atoms. The van der Waals surface area contributed by atoms with Gasteiger partial charge < -0.3 is 5.32 Å². The molecule has 0 saturated heterocycles. The van der Waals surface area contributed by atoms with Crippen molar-refractivity contribution in [3.63, 3.8) is 0 Å². The second kappa shape index (κ2) is 8.35. The van der Waals surface area contributed by atoms with Gasteiger partial charge in [-0.05, 0) is 37.1 Å². The van der Waals surface area contributed by atoms with Gasteiger partial charge >= 0.3 is 0 Å². The molecule has 0 unspecified atom stereocenters. The molecule has 1 amide bonds. The van der Waals surface area contributed by atoms with Crippen molar-refractivity contribution < 1.29 is 4.79 Å². The largest absolute Gasteiger partial charge is 0.353 e. The van der Waals surface area contributed by atoms with E-state index in [-0.39, 0.29) is 5.91 Å². The van der Waals surface area contributed by atoms with Gasteiger partial charge in [-0.3, -0.25) is 14.3 Å². The molecule has 1 fully saturated rings. The Kier molecular flexibility index (Phi) is 5.48. The summed E-state index contributed by atoms with van der Waals surface area (Å²) >= 11 is 1.41. The van der Waals surface area contributed by atoms with E-state index >= 15 is 0 Å². The fraction of sp³-hybridized carbons (Fsp3) is 0.300. The number of aromatic nitrogens is 4. The van der Waals surface area contributed by atoms with Crippen LogP contribution in [-0.4, -0.2) is 37.5 Å². The van der Waals surface area contributed by atoms with Gasteiger partial charge in [-0.25, -0.2) is 0 Å². The number of hydrogen-bond donors (Lipinski definition) is 1. The molecule has 0 aliphatic heterocycles. The Balaban J connectivity index is 1.57. The normalized spacial score (nSPS) is 14.4. The molecule has 3 aromatic rings. The van der Waals surface area contributed by atoms with E-state index in [2.05, 4.69) is 20.5 Å². The fourth-order valence-corrected chi connectivity index (χ4v) is 4.09. The highest BCUT2D eigenvalue weighted by Gasteiger charge is 2.20. The van der Waals surface area contributed by atoms with E-state index in [0.29, 0.717) is 22.8 Å². The fourth-order valence-electron chi connectivity index (χ4n) is 3.32. The van der Waals surface area contributed by atoms with Gasteiger partial charge in [-0.1, -0.05) is 42.8 Å². The smallest absolute Gasteiger partial charge is 0.230 e. The first kappa shape index (κ1) is 17.7. The van der Waals surface area contributed by atoms with Crippen molar-refractivity contribution in [1.82, 2.24) is 25.1 Å². The SMILES string of the molecule is O=C(CSc1nnc(-c2cccnc2)n1-c1ccccc1)NC1CCCC1. The highest BCUT2D eigenvalue weighted by Crippen LogP contribution is 2.27. The molecule has 1 N–H and O–H groups in total. The van der Waals surface area contributed by atoms with Crippen LogP contribution >= 0.6 is 11.8 Å². The first-order chi connectivity index (χ1) is 13.3. The first-order valence-electron chi connectivity index (χ1n) is 9.14. The molecule has 2 aromatic heterocycles. The van der Waals surface area contributed by atoms with Crippen molar-refractivity contribution in [3.8, 4) is 17.1 Å². The number of pyridine rings is 1. The Morgan fingerprint density at radius 1 is 1.11 bits per heavy atom. The Morgan fingerprint density at radius 2 is 1.93 bits per heavy atom. The second-order valence-corrected chi connectivity index (χ2v) is 7.50. The predicted molar refractivity (Wildman–Crippen MR) is 106 cm³/mol. The predicted octanol–water partition coefficient (Wildman–Crippen LogP) is 3.48. The van der Waals surface area contributed by atoms with Gasteiger partial charge in [-0.2, -0.15) is 0 Å². The summed E-state index contributed by atoms with van der Waals surface area (Å²) in [4.78, 5) is 16.5. The molecule has 0 radical (unpaired) electrons. The zero-order chi connectivity index (χ0) is 18.5. The van der Waals surface area contributed by atoms with E-state index in [1.165, 1.54) is 24.6 Å². The monoisotopic (exact) mass is 379 g/mol. The standard InChI is InChI=1S/C20H21N5OS/c26-18(22-16-8-4-5-9-16)14-27-20-24-23-19(15-7-6-12-21-13-15)25(20)17-10-2-1-3-11-17/h1-3,6-7,10-13,16H,4-5,8-9,14H2,(H,22,26). The van der Waals surface area contributed by atoms with Gasteiger partial charge in [0.2, 0.25) is 5.91 Å². The number of nitrogens with one attached hydrogen (secondary N) is 1. The molecule has 1 aromatic carbocycles. The topological polar surface area (TPSA) is 72.7 Å². The Hall–Kier alpha value is -2.67. The maximum atomic E-state index is 12.3. The Morgan fingerprint density at radius 3 is 2.67 bits per heavy atom. The van der Waals surface area contributed by atoms with E-state index in [4.69, 9.17) is 0 Å². The summed E-state index contributed by atoms with van der Waals surface area (Å²) in [5, 5.41) is 12.5. The number of nitrogens with zero attached hydrogens (tertiary/aromatic N) is 4. The zero-order valence-electron chi connectivity index (χ0n) is 14.9. The highest BCUT2D eigenvalue weighted by atomic mass is 32.2. The van der Waals surface area contributed by atoms with Crippen LogP contribution < -0.4 is 5.32 Å². The molecule has 0 bridgehead atoms. The number of carbonyl (C=O) groups excluding carboxylic acids is 1. The molecule has 138 valence electrons. The third-order valence-corrected chi connectivity index (χ3v) is 5.55. The molecule has 4 rings (SSSR count). The van der Waals surface area contributed by atoms with Crippen LogP contribution in [0.1, 0.15) is 25.7 Å². The lowest BCUT2D eigenvalue weighted by atomic mass is 10.2. The summed E-state index contributed by atoms with van der Waals surface area (Å²) < 4.78 is 1.98. The first-order valence-corrected chi connectivity index (χ1v) is 10.1. The van der Waals surface area contributed by atoms with E-state index in [1.54, 1.807) is 12.4 Å². The van der Waals surface area contributed by atoms with Crippen LogP contribution in [0.5, 0.6) is 0 Å². The lowest BCUT2D eigenvalue weighted by molar-refractivity contribution is -0.119. The van der Waals surface area contributed by atoms with Crippen LogP contribution in [0.2, 0.25) is 0 Å². The molecule has 0 atom stereocenters. The van der Waals surface area contributed by atoms with Crippen LogP contribution in [-0.2, 0) is 4.79 Å². The maximum absolute atomic E-state index is 12.3. The Labute approximate surface area is 162 Å². The summed E-state index contributed by atoms with van der Waals surface area (Å²) in [6.45, 7) is 0. The summed E-state index contributed by atoms with van der Waals surface area (Å²) in [6, 6.07) is 14.1. The third-order valence-electron chi connectivity index (χ3n) is 4.62. The minimum absolute atomic E-state index is 0.0532. The molecule has 1 aliphatic carbocycles. The van der Waals surface area contributed by atoms with Gasteiger partial charge in [0, 0.05) is 29.7 Å². The molecule has 7 heteroatoms. The lowest BCUT2D eigenvalue weighted by Crippen LogP contribution is -2.33. The van der Waals surface area contributed by atoms with Gasteiger partial charge in [-0.15, -0.1) is 10.2 Å². The third kappa shape index (κ3) is 4.19. The molecule has 27 heavy (non-hydrogen) atoms. The van der Waals surface area contributed by atoms with Crippen molar-refractivity contribution in [2.24, 2.45) is 0 Å².